The van der Waals surface area contributed by atoms with Crippen LogP contribution >= 0.6 is 0 Å². The standard InChI is InChI=1S/C12H17N3O4/c1-4-9-8(5-7(2)14-15-9)10(16)13-6-12(3,19)11(17)18/h5,19H,4,6H2,1-3H3,(H,13,16)(H,17,18). The Balaban J connectivity index is 2.84. The lowest BCUT2D eigenvalue weighted by molar-refractivity contribution is -0.155. The highest BCUT2D eigenvalue weighted by molar-refractivity contribution is 5.95. The average molecular weight is 267 g/mol. The van der Waals surface area contributed by atoms with Crippen LogP contribution in [-0.4, -0.2) is 44.4 Å². The third kappa shape index (κ3) is 3.72. The molecule has 0 aromatic carbocycles. The SMILES string of the molecule is CCc1nnc(C)cc1C(=O)NCC(C)(O)C(=O)O. The van der Waals surface area contributed by atoms with E-state index in [4.69, 9.17) is 5.11 Å². The summed E-state index contributed by atoms with van der Waals surface area (Å²) in [6.07, 6.45) is 0.533. The van der Waals surface area contributed by atoms with Gasteiger partial charge in [0.2, 0.25) is 0 Å². The number of aliphatic carboxylic acids is 1. The molecule has 1 rings (SSSR count). The van der Waals surface area contributed by atoms with Crippen LogP contribution in [-0.2, 0) is 11.2 Å². The fourth-order valence-corrected chi connectivity index (χ4v) is 1.40. The first-order chi connectivity index (χ1) is 8.77. The summed E-state index contributed by atoms with van der Waals surface area (Å²) in [5.41, 5.74) is -0.543. The number of nitrogens with one attached hydrogen (secondary N) is 1. The number of aromatic nitrogens is 2. The number of aliphatic hydroxyl groups is 1. The largest absolute Gasteiger partial charge is 0.479 e. The number of nitrogens with zero attached hydrogens (tertiary/aromatic N) is 2. The lowest BCUT2D eigenvalue weighted by Gasteiger charge is -2.18. The number of carbonyl (C=O) groups is 2. The molecule has 0 aliphatic heterocycles. The molecule has 1 aromatic rings. The molecule has 1 unspecified atom stereocenters. The Morgan fingerprint density at radius 1 is 1.42 bits per heavy atom. The van der Waals surface area contributed by atoms with Crippen LogP contribution < -0.4 is 5.32 Å². The van der Waals surface area contributed by atoms with E-state index in [2.05, 4.69) is 15.5 Å². The predicted octanol–water partition coefficient (Wildman–Crippen LogP) is -0.0872. The second-order valence-corrected chi connectivity index (χ2v) is 4.46. The van der Waals surface area contributed by atoms with Crippen LogP contribution in [0.25, 0.3) is 0 Å². The molecule has 104 valence electrons. The quantitative estimate of drug-likeness (QED) is 0.687. The summed E-state index contributed by atoms with van der Waals surface area (Å²) < 4.78 is 0. The Morgan fingerprint density at radius 2 is 2.05 bits per heavy atom. The molecule has 0 spiro atoms. The number of aryl methyl sites for hydroxylation is 2. The Bertz CT molecular complexity index is 500. The summed E-state index contributed by atoms with van der Waals surface area (Å²) in [4.78, 5) is 22.7. The minimum absolute atomic E-state index is 0.344. The zero-order chi connectivity index (χ0) is 14.6. The molecular weight excluding hydrogens is 250 g/mol. The number of carbonyl (C=O) groups excluding carboxylic acids is 1. The number of rotatable bonds is 5. The van der Waals surface area contributed by atoms with Gasteiger partial charge in [-0.25, -0.2) is 4.79 Å². The fraction of sp³-hybridized carbons (Fsp3) is 0.500. The topological polar surface area (TPSA) is 112 Å². The van der Waals surface area contributed by atoms with Crippen molar-refractivity contribution >= 4 is 11.9 Å². The third-order valence-electron chi connectivity index (χ3n) is 2.63. The molecule has 7 heteroatoms. The number of hydrogen-bond donors (Lipinski definition) is 3. The van der Waals surface area contributed by atoms with E-state index >= 15 is 0 Å². The first-order valence-corrected chi connectivity index (χ1v) is 5.85. The van der Waals surface area contributed by atoms with Crippen molar-refractivity contribution in [3.63, 3.8) is 0 Å². The van der Waals surface area contributed by atoms with Gasteiger partial charge >= 0.3 is 5.97 Å². The second kappa shape index (κ2) is 5.75. The van der Waals surface area contributed by atoms with Gasteiger partial charge in [0.1, 0.15) is 0 Å². The number of hydrogen-bond acceptors (Lipinski definition) is 5. The molecule has 0 saturated carbocycles. The first kappa shape index (κ1) is 15.0. The molecule has 0 bridgehead atoms. The van der Waals surface area contributed by atoms with Gasteiger partial charge in [-0.2, -0.15) is 10.2 Å². The summed E-state index contributed by atoms with van der Waals surface area (Å²) in [5, 5.41) is 28.4. The molecule has 0 aliphatic rings. The summed E-state index contributed by atoms with van der Waals surface area (Å²) in [6.45, 7) is 4.28. The second-order valence-electron chi connectivity index (χ2n) is 4.46. The monoisotopic (exact) mass is 267 g/mol. The zero-order valence-corrected chi connectivity index (χ0v) is 11.1. The zero-order valence-electron chi connectivity index (χ0n) is 11.1. The van der Waals surface area contributed by atoms with Gasteiger partial charge in [-0.1, -0.05) is 6.92 Å². The summed E-state index contributed by atoms with van der Waals surface area (Å²) in [7, 11) is 0. The van der Waals surface area contributed by atoms with Crippen LogP contribution in [0.3, 0.4) is 0 Å². The van der Waals surface area contributed by atoms with Gasteiger partial charge in [0.25, 0.3) is 5.91 Å². The molecular formula is C12H17N3O4. The van der Waals surface area contributed by atoms with Crippen LogP contribution in [0.1, 0.15) is 35.6 Å². The number of carboxylic acid groups (broad SMARTS) is 1. The van der Waals surface area contributed by atoms with Gasteiger partial charge in [0, 0.05) is 0 Å². The highest BCUT2D eigenvalue weighted by Gasteiger charge is 2.30. The molecule has 7 nitrogen and oxygen atoms in total. The van der Waals surface area contributed by atoms with E-state index in [1.54, 1.807) is 13.0 Å². The van der Waals surface area contributed by atoms with Crippen LogP contribution in [0, 0.1) is 6.92 Å². The highest BCUT2D eigenvalue weighted by atomic mass is 16.4. The van der Waals surface area contributed by atoms with E-state index in [0.29, 0.717) is 23.4 Å². The summed E-state index contributed by atoms with van der Waals surface area (Å²) in [6, 6.07) is 1.58. The van der Waals surface area contributed by atoms with Crippen molar-refractivity contribution in [2.75, 3.05) is 6.54 Å². The maximum atomic E-state index is 12.0. The van der Waals surface area contributed by atoms with E-state index < -0.39 is 17.5 Å². The molecule has 3 N–H and O–H groups in total. The number of carboxylic acids is 1. The Kier molecular flexibility index (Phi) is 4.55. The maximum Gasteiger partial charge on any atom is 0.337 e. The van der Waals surface area contributed by atoms with Gasteiger partial charge in [0.15, 0.2) is 5.60 Å². The normalized spacial score (nSPS) is 13.7. The van der Waals surface area contributed by atoms with Crippen molar-refractivity contribution in [3.05, 3.63) is 23.0 Å². The Labute approximate surface area is 110 Å². The average Bonchev–Trinajstić information content (AvgIpc) is 2.35. The smallest absolute Gasteiger partial charge is 0.337 e. The number of amides is 1. The van der Waals surface area contributed by atoms with Gasteiger partial charge in [-0.3, -0.25) is 4.79 Å². The molecule has 0 aliphatic carbocycles. The van der Waals surface area contributed by atoms with Gasteiger partial charge in [0.05, 0.1) is 23.5 Å². The maximum absolute atomic E-state index is 12.0. The van der Waals surface area contributed by atoms with Gasteiger partial charge in [-0.15, -0.1) is 0 Å². The molecule has 0 saturated heterocycles. The van der Waals surface area contributed by atoms with Crippen molar-refractivity contribution in [2.45, 2.75) is 32.8 Å². The van der Waals surface area contributed by atoms with E-state index in [-0.39, 0.29) is 6.54 Å². The Hall–Kier alpha value is -2.02. The fourth-order valence-electron chi connectivity index (χ4n) is 1.40. The highest BCUT2D eigenvalue weighted by Crippen LogP contribution is 2.08. The predicted molar refractivity (Wildman–Crippen MR) is 66.7 cm³/mol. The summed E-state index contributed by atoms with van der Waals surface area (Å²) in [5.74, 6) is -1.87. The van der Waals surface area contributed by atoms with Gasteiger partial charge < -0.3 is 15.5 Å². The van der Waals surface area contributed by atoms with Crippen molar-refractivity contribution in [1.29, 1.82) is 0 Å². The third-order valence-corrected chi connectivity index (χ3v) is 2.63. The van der Waals surface area contributed by atoms with Crippen molar-refractivity contribution in [1.82, 2.24) is 15.5 Å². The molecule has 1 aromatic heterocycles. The summed E-state index contributed by atoms with van der Waals surface area (Å²) >= 11 is 0. The minimum atomic E-state index is -2.00. The van der Waals surface area contributed by atoms with E-state index in [1.165, 1.54) is 0 Å². The lowest BCUT2D eigenvalue weighted by atomic mass is 10.1. The van der Waals surface area contributed by atoms with Crippen molar-refractivity contribution in [3.8, 4) is 0 Å². The van der Waals surface area contributed by atoms with Crippen LogP contribution in [0.2, 0.25) is 0 Å². The van der Waals surface area contributed by atoms with Crippen LogP contribution in [0.4, 0.5) is 0 Å². The molecule has 0 radical (unpaired) electrons. The molecule has 1 heterocycles. The van der Waals surface area contributed by atoms with E-state index in [0.717, 1.165) is 6.92 Å². The lowest BCUT2D eigenvalue weighted by Crippen LogP contribution is -2.46. The molecule has 19 heavy (non-hydrogen) atoms. The molecule has 1 atom stereocenters. The van der Waals surface area contributed by atoms with Crippen molar-refractivity contribution in [2.24, 2.45) is 0 Å². The van der Waals surface area contributed by atoms with Crippen LogP contribution in [0.5, 0.6) is 0 Å². The molecule has 1 amide bonds. The van der Waals surface area contributed by atoms with E-state index in [1.807, 2.05) is 6.92 Å². The van der Waals surface area contributed by atoms with Crippen molar-refractivity contribution < 1.29 is 19.8 Å². The van der Waals surface area contributed by atoms with Crippen LogP contribution in [0.15, 0.2) is 6.07 Å². The van der Waals surface area contributed by atoms with E-state index in [9.17, 15) is 14.7 Å². The van der Waals surface area contributed by atoms with Gasteiger partial charge in [-0.05, 0) is 26.3 Å². The molecule has 0 fully saturated rings. The minimum Gasteiger partial charge on any atom is -0.479 e. The Morgan fingerprint density at radius 3 is 2.58 bits per heavy atom. The first-order valence-electron chi connectivity index (χ1n) is 5.85.